The molecule has 1 aliphatic heterocycles. The summed E-state index contributed by atoms with van der Waals surface area (Å²) in [7, 11) is -3.65. The Hall–Kier alpha value is -2.38. The molecule has 2 atom stereocenters. The van der Waals surface area contributed by atoms with Crippen molar-refractivity contribution in [3.63, 3.8) is 0 Å². The summed E-state index contributed by atoms with van der Waals surface area (Å²) in [6, 6.07) is 14.7. The van der Waals surface area contributed by atoms with Crippen molar-refractivity contribution < 1.29 is 13.2 Å². The fourth-order valence-electron chi connectivity index (χ4n) is 3.40. The van der Waals surface area contributed by atoms with Crippen molar-refractivity contribution in [2.75, 3.05) is 17.8 Å². The summed E-state index contributed by atoms with van der Waals surface area (Å²) >= 11 is 0. The lowest BCUT2D eigenvalue weighted by Crippen LogP contribution is -2.49. The molecule has 2 aromatic rings. The van der Waals surface area contributed by atoms with E-state index in [-0.39, 0.29) is 16.8 Å². The van der Waals surface area contributed by atoms with Gasteiger partial charge in [0.25, 0.3) is 15.9 Å². The van der Waals surface area contributed by atoms with Gasteiger partial charge in [0.05, 0.1) is 4.90 Å². The van der Waals surface area contributed by atoms with E-state index in [1.807, 2.05) is 4.90 Å². The number of sulfonamides is 1. The number of nitrogens with two attached hydrogens (primary N) is 1. The number of hydrogen-bond donors (Lipinski definition) is 2. The zero-order valence-corrected chi connectivity index (χ0v) is 16.2. The average Bonchev–Trinajstić information content (AvgIpc) is 2.68. The molecule has 144 valence electrons. The van der Waals surface area contributed by atoms with Crippen LogP contribution in [-0.2, 0) is 10.0 Å². The van der Waals surface area contributed by atoms with E-state index in [0.717, 1.165) is 12.8 Å². The average molecular weight is 388 g/mol. The molecule has 0 radical (unpaired) electrons. The molecule has 7 heteroatoms. The maximum absolute atomic E-state index is 12.8. The summed E-state index contributed by atoms with van der Waals surface area (Å²) in [6.45, 7) is 3.33. The normalized spacial score (nSPS) is 20.3. The quantitative estimate of drug-likeness (QED) is 0.825. The number of carbonyl (C=O) groups excluding carboxylic acids is 1. The summed E-state index contributed by atoms with van der Waals surface area (Å²) in [6.07, 6.45) is 1.88. The number of nitrogens with one attached hydrogen (secondary N) is 1. The summed E-state index contributed by atoms with van der Waals surface area (Å²) in [4.78, 5) is 14.9. The minimum absolute atomic E-state index is 0.0532. The molecule has 3 rings (SSSR count). The second kappa shape index (κ2) is 8.10. The Morgan fingerprint density at radius 1 is 1.15 bits per heavy atom. The molecule has 6 nitrogen and oxygen atoms in total. The highest BCUT2D eigenvalue weighted by Crippen LogP contribution is 2.24. The minimum atomic E-state index is -3.65. The first kappa shape index (κ1) is 19.4. The molecule has 1 heterocycles. The molecule has 1 aliphatic rings. The number of carbonyl (C=O) groups is 1. The molecule has 1 amide bonds. The molecule has 1 fully saturated rings. The van der Waals surface area contributed by atoms with E-state index < -0.39 is 10.0 Å². The van der Waals surface area contributed by atoms with E-state index in [1.165, 1.54) is 12.1 Å². The van der Waals surface area contributed by atoms with E-state index in [0.29, 0.717) is 30.3 Å². The van der Waals surface area contributed by atoms with Gasteiger partial charge in [-0.2, -0.15) is 0 Å². The lowest BCUT2D eigenvalue weighted by molar-refractivity contribution is 0.0573. The predicted molar refractivity (Wildman–Crippen MR) is 106 cm³/mol. The highest BCUT2D eigenvalue weighted by atomic mass is 32.2. The van der Waals surface area contributed by atoms with Gasteiger partial charge in [0.1, 0.15) is 0 Å². The van der Waals surface area contributed by atoms with Crippen LogP contribution < -0.4 is 10.5 Å². The Bertz CT molecular complexity index is 882. The maximum atomic E-state index is 12.8. The van der Waals surface area contributed by atoms with E-state index in [9.17, 15) is 13.2 Å². The summed E-state index contributed by atoms with van der Waals surface area (Å²) in [5, 5.41) is 0. The Labute approximate surface area is 160 Å². The second-order valence-electron chi connectivity index (χ2n) is 7.01. The number of likely N-dealkylation sites (tertiary alicyclic amines) is 1. The van der Waals surface area contributed by atoms with Gasteiger partial charge in [-0.15, -0.1) is 0 Å². The summed E-state index contributed by atoms with van der Waals surface area (Å²) in [5.74, 6) is 0.507. The Balaban J connectivity index is 1.72. The molecule has 3 N–H and O–H groups in total. The Morgan fingerprint density at radius 2 is 1.81 bits per heavy atom. The van der Waals surface area contributed by atoms with Gasteiger partial charge in [0.2, 0.25) is 0 Å². The van der Waals surface area contributed by atoms with Gasteiger partial charge in [-0.3, -0.25) is 9.52 Å². The summed E-state index contributed by atoms with van der Waals surface area (Å²) < 4.78 is 27.3. The van der Waals surface area contributed by atoms with Crippen LogP contribution in [0, 0.1) is 5.92 Å². The summed E-state index contributed by atoms with van der Waals surface area (Å²) in [5.41, 5.74) is 6.80. The minimum Gasteiger partial charge on any atom is -0.334 e. The van der Waals surface area contributed by atoms with Crippen molar-refractivity contribution in [1.29, 1.82) is 0 Å². The van der Waals surface area contributed by atoms with Crippen LogP contribution in [0.3, 0.4) is 0 Å². The highest BCUT2D eigenvalue weighted by molar-refractivity contribution is 7.92. The first-order chi connectivity index (χ1) is 12.9. The van der Waals surface area contributed by atoms with E-state index >= 15 is 0 Å². The van der Waals surface area contributed by atoms with Gasteiger partial charge in [-0.05, 0) is 55.2 Å². The van der Waals surface area contributed by atoms with Crippen LogP contribution in [0.1, 0.15) is 30.1 Å². The fourth-order valence-corrected chi connectivity index (χ4v) is 4.48. The molecular formula is C20H25N3O3S. The van der Waals surface area contributed by atoms with Gasteiger partial charge in [-0.1, -0.05) is 25.1 Å². The fraction of sp³-hybridized carbons (Fsp3) is 0.350. The zero-order valence-electron chi connectivity index (χ0n) is 15.3. The largest absolute Gasteiger partial charge is 0.334 e. The molecule has 0 bridgehead atoms. The third-order valence-electron chi connectivity index (χ3n) is 4.95. The number of nitrogens with zero attached hydrogens (tertiary/aromatic N) is 1. The number of rotatable bonds is 5. The Morgan fingerprint density at radius 3 is 2.44 bits per heavy atom. The third kappa shape index (κ3) is 4.48. The van der Waals surface area contributed by atoms with Crippen LogP contribution >= 0.6 is 0 Å². The van der Waals surface area contributed by atoms with Gasteiger partial charge in [0, 0.05) is 30.4 Å². The number of piperidine rings is 1. The second-order valence-corrected chi connectivity index (χ2v) is 8.70. The van der Waals surface area contributed by atoms with Crippen molar-refractivity contribution >= 4 is 21.6 Å². The van der Waals surface area contributed by atoms with Crippen molar-refractivity contribution in [3.05, 3.63) is 60.2 Å². The molecule has 0 aliphatic carbocycles. The van der Waals surface area contributed by atoms with Crippen molar-refractivity contribution in [2.24, 2.45) is 11.7 Å². The van der Waals surface area contributed by atoms with Crippen LogP contribution in [0.2, 0.25) is 0 Å². The third-order valence-corrected chi connectivity index (χ3v) is 6.35. The Kier molecular flexibility index (Phi) is 5.82. The van der Waals surface area contributed by atoms with Gasteiger partial charge >= 0.3 is 0 Å². The van der Waals surface area contributed by atoms with Gasteiger partial charge in [0.15, 0.2) is 0 Å². The van der Waals surface area contributed by atoms with Crippen LogP contribution in [0.15, 0.2) is 59.5 Å². The maximum Gasteiger partial charge on any atom is 0.261 e. The lowest BCUT2D eigenvalue weighted by atomic mass is 9.92. The first-order valence-corrected chi connectivity index (χ1v) is 10.6. The highest BCUT2D eigenvalue weighted by Gasteiger charge is 2.29. The topological polar surface area (TPSA) is 92.5 Å². The van der Waals surface area contributed by atoms with Gasteiger partial charge in [-0.25, -0.2) is 8.42 Å². The molecule has 0 saturated carbocycles. The predicted octanol–water partition coefficient (Wildman–Crippen LogP) is 2.69. The number of hydrogen-bond acceptors (Lipinski definition) is 4. The lowest BCUT2D eigenvalue weighted by Gasteiger charge is -2.38. The number of amides is 1. The number of anilines is 1. The first-order valence-electron chi connectivity index (χ1n) is 9.09. The van der Waals surface area contributed by atoms with E-state index in [4.69, 9.17) is 5.73 Å². The van der Waals surface area contributed by atoms with Crippen molar-refractivity contribution in [1.82, 2.24) is 4.90 Å². The van der Waals surface area contributed by atoms with Crippen molar-refractivity contribution in [2.45, 2.75) is 30.7 Å². The number of benzene rings is 2. The molecular weight excluding hydrogens is 362 g/mol. The van der Waals surface area contributed by atoms with Crippen LogP contribution in [-0.4, -0.2) is 38.4 Å². The monoisotopic (exact) mass is 387 g/mol. The van der Waals surface area contributed by atoms with Crippen LogP contribution in [0.5, 0.6) is 0 Å². The van der Waals surface area contributed by atoms with E-state index in [1.54, 1.807) is 42.5 Å². The van der Waals surface area contributed by atoms with E-state index in [2.05, 4.69) is 11.6 Å². The van der Waals surface area contributed by atoms with Gasteiger partial charge < -0.3 is 10.6 Å². The molecule has 27 heavy (non-hydrogen) atoms. The SMILES string of the molecule is CC1CCN(C(=O)c2ccc(NS(=O)(=O)c3ccccc3)cc2)C(CN)C1. The molecule has 0 spiro atoms. The smallest absolute Gasteiger partial charge is 0.261 e. The van der Waals surface area contributed by atoms with Crippen LogP contribution in [0.4, 0.5) is 5.69 Å². The molecule has 1 saturated heterocycles. The standard InChI is InChI=1S/C20H25N3O3S/c1-15-11-12-23(18(13-15)14-21)20(24)16-7-9-17(10-8-16)22-27(25,26)19-5-3-2-4-6-19/h2-10,15,18,22H,11-14,21H2,1H3. The zero-order chi connectivity index (χ0) is 19.4. The van der Waals surface area contributed by atoms with Crippen LogP contribution in [0.25, 0.3) is 0 Å². The molecule has 2 aromatic carbocycles. The van der Waals surface area contributed by atoms with Crippen molar-refractivity contribution in [3.8, 4) is 0 Å². The molecule has 2 unspecified atom stereocenters. The molecule has 0 aromatic heterocycles.